The summed E-state index contributed by atoms with van der Waals surface area (Å²) < 4.78 is 241. The van der Waals surface area contributed by atoms with E-state index in [1.807, 2.05) is 111 Å². The summed E-state index contributed by atoms with van der Waals surface area (Å²) in [7, 11) is -27.4. The van der Waals surface area contributed by atoms with Crippen molar-refractivity contribution in [1.29, 1.82) is 0 Å². The van der Waals surface area contributed by atoms with Gasteiger partial charge in [0.25, 0.3) is 0 Å². The first kappa shape index (κ1) is 108. The lowest BCUT2D eigenvalue weighted by atomic mass is 10.2. The van der Waals surface area contributed by atoms with Gasteiger partial charge in [-0.2, -0.15) is 0 Å². The van der Waals surface area contributed by atoms with Crippen LogP contribution in [0.3, 0.4) is 0 Å². The SMILES string of the molecule is CCOP1(=O)OC(C)C(C)O1.CCOP1(=O)OC(C)CC(C)O1.CCOP1(=O)OCCCO1.CCOP1(=O)OCCO1.CCOP1(=O)O[C@@H](C)C[C@H](C)O1.CCOP1(=O)O[C@@H](C)[C@H](C)O1.CCOP1(=O)O[C@H](C)C[C@@H](C)O1.CCOP1(=O)O[C@H](C)[C@@H](C)O1.CCOP1OC(C)CC(C)O1.CCOP1OCCCO1. The summed E-state index contributed by atoms with van der Waals surface area (Å²) in [6, 6.07) is 0. The zero-order valence-electron chi connectivity index (χ0n) is 67.6. The van der Waals surface area contributed by atoms with E-state index in [1.54, 1.807) is 55.4 Å². The molecule has 10 aliphatic rings. The largest absolute Gasteiger partial charge is 0.475 e. The Morgan fingerprint density at radius 1 is 0.241 bits per heavy atom. The number of hydrogen-bond donors (Lipinski definition) is 0. The molecule has 0 amide bonds. The molecule has 38 nitrogen and oxygen atoms in total. The highest BCUT2D eigenvalue weighted by molar-refractivity contribution is 7.50. The van der Waals surface area contributed by atoms with Crippen LogP contribution in [0.25, 0.3) is 0 Å². The lowest BCUT2D eigenvalue weighted by molar-refractivity contribution is 0.00317. The molecule has 0 radical (unpaired) electrons. The van der Waals surface area contributed by atoms with Crippen LogP contribution >= 0.6 is 79.8 Å². The van der Waals surface area contributed by atoms with Crippen LogP contribution in [0, 0.1) is 0 Å². The maximum absolute atomic E-state index is 11.6. The fourth-order valence-electron chi connectivity index (χ4n) is 9.02. The monoisotopic (exact) mass is 1770 g/mol. The van der Waals surface area contributed by atoms with Crippen LogP contribution in [0.4, 0.5) is 0 Å². The third kappa shape index (κ3) is 46.2. The third-order valence-electron chi connectivity index (χ3n) is 13.6. The van der Waals surface area contributed by atoms with Gasteiger partial charge < -0.3 is 27.1 Å². The lowest BCUT2D eigenvalue weighted by Gasteiger charge is -2.30. The van der Waals surface area contributed by atoms with Gasteiger partial charge in [0.05, 0.1) is 191 Å². The lowest BCUT2D eigenvalue weighted by Crippen LogP contribution is -2.24. The van der Waals surface area contributed by atoms with Gasteiger partial charge in [-0.3, -0.25) is 109 Å². The van der Waals surface area contributed by atoms with Crippen LogP contribution in [0.2, 0.25) is 0 Å². The van der Waals surface area contributed by atoms with Crippen molar-refractivity contribution in [1.82, 2.24) is 0 Å². The molecule has 14 atom stereocenters. The highest BCUT2D eigenvalue weighted by atomic mass is 31.2. The molecule has 0 spiro atoms. The molecule has 48 heteroatoms. The minimum absolute atomic E-state index is 0.0499. The molecule has 648 valence electrons. The maximum atomic E-state index is 11.6. The average Bonchev–Trinajstić information content (AvgIpc) is 1.79. The van der Waals surface area contributed by atoms with E-state index < -0.39 is 79.8 Å². The van der Waals surface area contributed by atoms with Crippen molar-refractivity contribution in [3.05, 3.63) is 0 Å². The highest BCUT2D eigenvalue weighted by Crippen LogP contribution is 2.61. The van der Waals surface area contributed by atoms with Crippen LogP contribution in [-0.4, -0.2) is 191 Å². The van der Waals surface area contributed by atoms with E-state index in [2.05, 4.69) is 0 Å². The molecule has 10 aliphatic heterocycles. The topological polar surface area (TPSA) is 413 Å². The summed E-state index contributed by atoms with van der Waals surface area (Å²) in [5.41, 5.74) is 0. The molecule has 0 N–H and O–H groups in total. The van der Waals surface area contributed by atoms with E-state index in [9.17, 15) is 36.5 Å². The van der Waals surface area contributed by atoms with Gasteiger partial charge in [-0.05, 0) is 179 Å². The van der Waals surface area contributed by atoms with Crippen molar-refractivity contribution in [2.24, 2.45) is 0 Å². The number of rotatable bonds is 20. The highest BCUT2D eigenvalue weighted by Gasteiger charge is 2.45. The number of hydrogen-bond acceptors (Lipinski definition) is 38. The van der Waals surface area contributed by atoms with E-state index in [-0.39, 0.29) is 85.5 Å². The zero-order valence-corrected chi connectivity index (χ0v) is 76.6. The Morgan fingerprint density at radius 3 is 0.667 bits per heavy atom. The van der Waals surface area contributed by atoms with Gasteiger partial charge >= 0.3 is 79.8 Å². The minimum Gasteiger partial charge on any atom is -0.313 e. The molecule has 10 saturated heterocycles. The first-order valence-electron chi connectivity index (χ1n) is 36.8. The Morgan fingerprint density at radius 2 is 0.435 bits per heavy atom. The number of phosphoric acid groups is 8. The van der Waals surface area contributed by atoms with Crippen molar-refractivity contribution in [2.45, 2.75) is 290 Å². The van der Waals surface area contributed by atoms with Gasteiger partial charge in [0, 0.05) is 25.7 Å². The summed E-state index contributed by atoms with van der Waals surface area (Å²) in [4.78, 5) is 0. The van der Waals surface area contributed by atoms with E-state index in [4.69, 9.17) is 136 Å². The van der Waals surface area contributed by atoms with Crippen LogP contribution in [0.15, 0.2) is 0 Å². The fourth-order valence-corrected chi connectivity index (χ4v) is 23.1. The molecular weight excluding hydrogens is 1640 g/mol. The van der Waals surface area contributed by atoms with Gasteiger partial charge in [0.1, 0.15) is 0 Å². The summed E-state index contributed by atoms with van der Waals surface area (Å²) >= 11 is 0. The van der Waals surface area contributed by atoms with Crippen LogP contribution < -0.4 is 0 Å². The molecular formula is C60H130O38P10. The van der Waals surface area contributed by atoms with E-state index in [1.165, 1.54) is 0 Å². The predicted octanol–water partition coefficient (Wildman–Crippen LogP) is 19.8. The summed E-state index contributed by atoms with van der Waals surface area (Å²) in [5.74, 6) is 0. The summed E-state index contributed by atoms with van der Waals surface area (Å²) in [6.45, 7) is 51.4. The molecule has 10 heterocycles. The van der Waals surface area contributed by atoms with Crippen LogP contribution in [0.5, 0.6) is 0 Å². The molecule has 0 aromatic rings. The first-order valence-corrected chi connectivity index (χ1v) is 50.7. The third-order valence-corrected chi connectivity index (χ3v) is 30.2. The van der Waals surface area contributed by atoms with Crippen molar-refractivity contribution in [3.63, 3.8) is 0 Å². The quantitative estimate of drug-likeness (QED) is 0.102. The van der Waals surface area contributed by atoms with E-state index in [0.29, 0.717) is 92.5 Å². The summed E-state index contributed by atoms with van der Waals surface area (Å²) in [5, 5.41) is 0. The maximum Gasteiger partial charge on any atom is 0.475 e. The first-order chi connectivity index (χ1) is 50.6. The van der Waals surface area contributed by atoms with Crippen molar-refractivity contribution < 1.29 is 172 Å². The van der Waals surface area contributed by atoms with E-state index >= 15 is 0 Å². The van der Waals surface area contributed by atoms with Gasteiger partial charge in [0.2, 0.25) is 0 Å². The fraction of sp³-hybridized carbons (Fsp3) is 1.00. The Kier molecular flexibility index (Phi) is 55.8. The Balaban J connectivity index is 0.000000601. The Bertz CT molecular complexity index is 2470. The molecule has 10 rings (SSSR count). The molecule has 0 aliphatic carbocycles. The molecule has 108 heavy (non-hydrogen) atoms. The van der Waals surface area contributed by atoms with E-state index in [0.717, 1.165) is 51.7 Å². The van der Waals surface area contributed by atoms with Crippen molar-refractivity contribution >= 4 is 79.8 Å². The van der Waals surface area contributed by atoms with Gasteiger partial charge in [-0.15, -0.1) is 0 Å². The second-order valence-electron chi connectivity index (χ2n) is 24.0. The van der Waals surface area contributed by atoms with Gasteiger partial charge in [-0.25, -0.2) is 36.5 Å². The average molecular weight is 1770 g/mol. The van der Waals surface area contributed by atoms with Crippen LogP contribution in [0.1, 0.15) is 205 Å². The molecule has 6 unspecified atom stereocenters. The van der Waals surface area contributed by atoms with Crippen LogP contribution in [-0.2, 0) is 172 Å². The predicted molar refractivity (Wildman–Crippen MR) is 402 cm³/mol. The Labute approximate surface area is 645 Å². The summed E-state index contributed by atoms with van der Waals surface area (Å²) in [6.07, 6.45) is 4.40. The zero-order chi connectivity index (χ0) is 82.0. The minimum atomic E-state index is -3.23. The smallest absolute Gasteiger partial charge is 0.313 e. The normalized spacial score (nSPS) is 36.3. The Hall–Kier alpha value is 1.50. The standard InChI is InChI=1S/3C7H15O4P.C7H15O3P.3C6H13O4P.C5H11O4P.C5H11O3P.C4H9O4P/c3*1-4-9-12(8)10-6(2)5-7(3)11-12;1-4-8-11-9-6(2)5-7(3)10-11;3*1-4-8-11(7)9-5(2)6(3)10-11;1-2-7-10(6)8-4-3-5-9-10;1-2-6-9-7-4-3-5-8-9;1-2-6-9(5)7-3-4-8-9/h3*6-7H,4-5H2,1-3H3;6-7H,4-5H2,1-3H3;3*5-6H,4H2,1-3H3;2-5H2,1H3;2-5H2,1H3;2-4H2,1H3/t2*6-,7-;;;2*5-,6-;;;;/m10..10..../s1. The van der Waals surface area contributed by atoms with Crippen molar-refractivity contribution in [3.8, 4) is 0 Å². The molecule has 10 fully saturated rings. The van der Waals surface area contributed by atoms with Gasteiger partial charge in [0.15, 0.2) is 0 Å². The molecule has 0 bridgehead atoms. The second kappa shape index (κ2) is 56.1. The number of phosphoric ester groups is 8. The molecule has 0 saturated carbocycles. The molecule has 0 aromatic carbocycles. The molecule has 0 aromatic heterocycles. The van der Waals surface area contributed by atoms with Gasteiger partial charge in [-0.1, -0.05) is 0 Å². The van der Waals surface area contributed by atoms with Crippen molar-refractivity contribution in [2.75, 3.05) is 106 Å². The second-order valence-corrected chi connectivity index (χ2v) is 39.2.